The first-order chi connectivity index (χ1) is 8.40. The number of hydrogen-bond acceptors (Lipinski definition) is 4. The largest absolute Gasteiger partial charge is 0.492 e. The van der Waals surface area contributed by atoms with E-state index in [9.17, 15) is 0 Å². The van der Waals surface area contributed by atoms with Crippen molar-refractivity contribution in [3.63, 3.8) is 0 Å². The maximum Gasteiger partial charge on any atom is 0.142 e. The average Bonchev–Trinajstić information content (AvgIpc) is 2.39. The van der Waals surface area contributed by atoms with E-state index in [1.54, 1.807) is 0 Å². The van der Waals surface area contributed by atoms with Gasteiger partial charge in [-0.05, 0) is 19.1 Å². The molecule has 0 spiro atoms. The summed E-state index contributed by atoms with van der Waals surface area (Å²) in [5.41, 5.74) is 1.03. The molecule has 1 aromatic rings. The second-order valence-corrected chi connectivity index (χ2v) is 4.01. The van der Waals surface area contributed by atoms with E-state index < -0.39 is 0 Å². The number of hydrogen-bond donors (Lipinski definition) is 2. The summed E-state index contributed by atoms with van der Waals surface area (Å²) in [4.78, 5) is 0. The van der Waals surface area contributed by atoms with Crippen molar-refractivity contribution >= 4 is 18.1 Å². The molecule has 18 heavy (non-hydrogen) atoms. The lowest BCUT2D eigenvalue weighted by molar-refractivity contribution is 0.0372. The van der Waals surface area contributed by atoms with E-state index in [0.29, 0.717) is 6.61 Å². The molecule has 1 heterocycles. The normalized spacial score (nSPS) is 18.8. The highest BCUT2D eigenvalue weighted by Gasteiger charge is 2.13. The van der Waals surface area contributed by atoms with Crippen LogP contribution >= 0.6 is 12.4 Å². The van der Waals surface area contributed by atoms with E-state index in [1.165, 1.54) is 0 Å². The Morgan fingerprint density at radius 1 is 1.44 bits per heavy atom. The molecule has 1 saturated heterocycles. The summed E-state index contributed by atoms with van der Waals surface area (Å²) in [6.07, 6.45) is 0.235. The highest BCUT2D eigenvalue weighted by molar-refractivity contribution is 5.85. The van der Waals surface area contributed by atoms with Gasteiger partial charge in [0.05, 0.1) is 25.0 Å². The zero-order valence-electron chi connectivity index (χ0n) is 10.6. The number of halogens is 1. The Bertz CT molecular complexity index is 344. The highest BCUT2D eigenvalue weighted by Crippen LogP contribution is 2.23. The number of nitrogens with one attached hydrogen (secondary N) is 2. The summed E-state index contributed by atoms with van der Waals surface area (Å²) >= 11 is 0. The van der Waals surface area contributed by atoms with Crippen LogP contribution in [0.3, 0.4) is 0 Å². The van der Waals surface area contributed by atoms with Crippen molar-refractivity contribution in [2.24, 2.45) is 0 Å². The number of ether oxygens (including phenoxy) is 2. The molecule has 1 atom stereocenters. The number of benzene rings is 1. The van der Waals surface area contributed by atoms with Gasteiger partial charge >= 0.3 is 0 Å². The Morgan fingerprint density at radius 3 is 3.00 bits per heavy atom. The molecule has 0 radical (unpaired) electrons. The van der Waals surface area contributed by atoms with Crippen LogP contribution in [-0.2, 0) is 4.74 Å². The van der Waals surface area contributed by atoms with Gasteiger partial charge in [-0.2, -0.15) is 0 Å². The number of morpholine rings is 1. The van der Waals surface area contributed by atoms with Crippen molar-refractivity contribution in [2.75, 3.05) is 38.2 Å². The summed E-state index contributed by atoms with van der Waals surface area (Å²) in [5, 5.41) is 6.69. The minimum absolute atomic E-state index is 0. The van der Waals surface area contributed by atoms with E-state index in [-0.39, 0.29) is 18.5 Å². The molecule has 5 heteroatoms. The van der Waals surface area contributed by atoms with Crippen molar-refractivity contribution < 1.29 is 9.47 Å². The first kappa shape index (κ1) is 15.1. The van der Waals surface area contributed by atoms with E-state index in [2.05, 4.69) is 10.6 Å². The first-order valence-electron chi connectivity index (χ1n) is 6.18. The zero-order chi connectivity index (χ0) is 11.9. The molecular formula is C13H21ClN2O2. The van der Waals surface area contributed by atoms with Crippen LogP contribution in [-0.4, -0.2) is 39.0 Å². The molecule has 1 aliphatic rings. The molecule has 0 aromatic heterocycles. The molecule has 102 valence electrons. The Balaban J connectivity index is 0.00000162. The van der Waals surface area contributed by atoms with E-state index in [0.717, 1.165) is 37.7 Å². The van der Waals surface area contributed by atoms with Gasteiger partial charge in [-0.15, -0.1) is 12.4 Å². The molecule has 0 amide bonds. The maximum atomic E-state index is 5.63. The van der Waals surface area contributed by atoms with E-state index in [4.69, 9.17) is 9.47 Å². The van der Waals surface area contributed by atoms with Crippen molar-refractivity contribution in [3.8, 4) is 5.75 Å². The monoisotopic (exact) mass is 272 g/mol. The Kier molecular flexibility index (Phi) is 6.86. The van der Waals surface area contributed by atoms with Crippen LogP contribution in [0.2, 0.25) is 0 Å². The van der Waals surface area contributed by atoms with E-state index in [1.807, 2.05) is 31.2 Å². The van der Waals surface area contributed by atoms with Gasteiger partial charge in [-0.1, -0.05) is 12.1 Å². The molecule has 0 saturated carbocycles. The molecule has 0 bridgehead atoms. The third kappa shape index (κ3) is 4.37. The second kappa shape index (κ2) is 8.19. The van der Waals surface area contributed by atoms with Crippen LogP contribution in [0.25, 0.3) is 0 Å². The van der Waals surface area contributed by atoms with Gasteiger partial charge in [-0.25, -0.2) is 0 Å². The molecule has 2 rings (SSSR count). The Hall–Kier alpha value is -0.970. The molecule has 0 unspecified atom stereocenters. The third-order valence-electron chi connectivity index (χ3n) is 2.71. The zero-order valence-corrected chi connectivity index (χ0v) is 11.5. The van der Waals surface area contributed by atoms with Gasteiger partial charge < -0.3 is 20.1 Å². The van der Waals surface area contributed by atoms with Crippen molar-refractivity contribution in [1.29, 1.82) is 0 Å². The smallest absolute Gasteiger partial charge is 0.142 e. The fraction of sp³-hybridized carbons (Fsp3) is 0.538. The van der Waals surface area contributed by atoms with Crippen LogP contribution in [0.5, 0.6) is 5.75 Å². The predicted molar refractivity (Wildman–Crippen MR) is 76.0 cm³/mol. The molecule has 1 aromatic carbocycles. The number of para-hydroxylation sites is 2. The van der Waals surface area contributed by atoms with Gasteiger partial charge in [0.25, 0.3) is 0 Å². The lowest BCUT2D eigenvalue weighted by atomic mass is 10.2. The van der Waals surface area contributed by atoms with Gasteiger partial charge in [0.1, 0.15) is 5.75 Å². The minimum Gasteiger partial charge on any atom is -0.492 e. The van der Waals surface area contributed by atoms with Crippen LogP contribution in [0.1, 0.15) is 6.92 Å². The molecule has 1 fully saturated rings. The maximum absolute atomic E-state index is 5.63. The SMILES string of the molecule is CCOc1ccccc1NC[C@H]1CNCCO1.Cl. The fourth-order valence-electron chi connectivity index (χ4n) is 1.87. The second-order valence-electron chi connectivity index (χ2n) is 4.01. The Morgan fingerprint density at radius 2 is 2.28 bits per heavy atom. The topological polar surface area (TPSA) is 42.5 Å². The lowest BCUT2D eigenvalue weighted by Crippen LogP contribution is -2.42. The van der Waals surface area contributed by atoms with Crippen molar-refractivity contribution in [1.82, 2.24) is 5.32 Å². The van der Waals surface area contributed by atoms with Crippen LogP contribution in [0, 0.1) is 0 Å². The summed E-state index contributed by atoms with van der Waals surface area (Å²) in [7, 11) is 0. The van der Waals surface area contributed by atoms with Crippen LogP contribution < -0.4 is 15.4 Å². The van der Waals surface area contributed by atoms with Gasteiger partial charge in [0.2, 0.25) is 0 Å². The predicted octanol–water partition coefficient (Wildman–Crippen LogP) is 1.91. The first-order valence-corrected chi connectivity index (χ1v) is 6.18. The molecule has 0 aliphatic carbocycles. The third-order valence-corrected chi connectivity index (χ3v) is 2.71. The highest BCUT2D eigenvalue weighted by atomic mass is 35.5. The molecule has 1 aliphatic heterocycles. The van der Waals surface area contributed by atoms with Crippen LogP contribution in [0.4, 0.5) is 5.69 Å². The summed E-state index contributed by atoms with van der Waals surface area (Å²) in [6.45, 7) is 6.12. The molecular weight excluding hydrogens is 252 g/mol. The van der Waals surface area contributed by atoms with E-state index >= 15 is 0 Å². The van der Waals surface area contributed by atoms with Gasteiger partial charge in [0.15, 0.2) is 0 Å². The average molecular weight is 273 g/mol. The van der Waals surface area contributed by atoms with Crippen molar-refractivity contribution in [3.05, 3.63) is 24.3 Å². The standard InChI is InChI=1S/C13H20N2O2.ClH/c1-2-16-13-6-4-3-5-12(13)15-10-11-9-14-7-8-17-11;/h3-6,11,14-15H,2,7-10H2,1H3;1H/t11-;/m1./s1. The molecule has 2 N–H and O–H groups in total. The number of anilines is 1. The molecule has 4 nitrogen and oxygen atoms in total. The quantitative estimate of drug-likeness (QED) is 0.859. The fourth-order valence-corrected chi connectivity index (χ4v) is 1.87. The summed E-state index contributed by atoms with van der Waals surface area (Å²) < 4.78 is 11.2. The Labute approximate surface area is 114 Å². The minimum atomic E-state index is 0. The lowest BCUT2D eigenvalue weighted by Gasteiger charge is -2.24. The summed E-state index contributed by atoms with van der Waals surface area (Å²) in [5.74, 6) is 0.902. The van der Waals surface area contributed by atoms with Gasteiger partial charge in [0, 0.05) is 19.6 Å². The number of rotatable bonds is 5. The van der Waals surface area contributed by atoms with Crippen molar-refractivity contribution in [2.45, 2.75) is 13.0 Å². The summed E-state index contributed by atoms with van der Waals surface area (Å²) in [6, 6.07) is 7.99. The van der Waals surface area contributed by atoms with Gasteiger partial charge in [-0.3, -0.25) is 0 Å². The van der Waals surface area contributed by atoms with Crippen LogP contribution in [0.15, 0.2) is 24.3 Å².